The highest BCUT2D eigenvalue weighted by molar-refractivity contribution is 7.08. The number of amides is 2. The first-order chi connectivity index (χ1) is 9.18. The van der Waals surface area contributed by atoms with Crippen LogP contribution in [0, 0.1) is 0 Å². The van der Waals surface area contributed by atoms with E-state index in [1.165, 1.54) is 11.3 Å². The largest absolute Gasteiger partial charge is 0.351 e. The molecular formula is C13H20ClN3O2S. The highest BCUT2D eigenvalue weighted by Crippen LogP contribution is 2.06. The first-order valence-electron chi connectivity index (χ1n) is 6.49. The first kappa shape index (κ1) is 16.9. The van der Waals surface area contributed by atoms with Crippen LogP contribution in [0.25, 0.3) is 0 Å². The molecule has 2 N–H and O–H groups in total. The summed E-state index contributed by atoms with van der Waals surface area (Å²) in [5.74, 6) is 0.00188. The molecule has 0 bridgehead atoms. The van der Waals surface area contributed by atoms with Crippen LogP contribution in [-0.2, 0) is 4.79 Å². The van der Waals surface area contributed by atoms with Gasteiger partial charge in [-0.25, -0.2) is 0 Å². The van der Waals surface area contributed by atoms with E-state index in [0.29, 0.717) is 18.5 Å². The lowest BCUT2D eigenvalue weighted by Gasteiger charge is -2.34. The fourth-order valence-corrected chi connectivity index (χ4v) is 2.77. The summed E-state index contributed by atoms with van der Waals surface area (Å²) in [6, 6.07) is 2.01. The van der Waals surface area contributed by atoms with Crippen molar-refractivity contribution in [3.8, 4) is 0 Å². The van der Waals surface area contributed by atoms with Gasteiger partial charge in [-0.15, -0.1) is 12.4 Å². The molecule has 2 rings (SSSR count). The molecule has 0 radical (unpaired) electrons. The van der Waals surface area contributed by atoms with E-state index in [9.17, 15) is 9.59 Å². The number of piperazine rings is 1. The Morgan fingerprint density at radius 2 is 2.35 bits per heavy atom. The summed E-state index contributed by atoms with van der Waals surface area (Å²) in [7, 11) is 0. The minimum Gasteiger partial charge on any atom is -0.351 e. The van der Waals surface area contributed by atoms with E-state index in [1.807, 2.05) is 17.2 Å². The lowest BCUT2D eigenvalue weighted by molar-refractivity contribution is -0.133. The van der Waals surface area contributed by atoms with Gasteiger partial charge in [0.15, 0.2) is 0 Å². The van der Waals surface area contributed by atoms with E-state index in [4.69, 9.17) is 0 Å². The standard InChI is InChI=1S/C13H19N3O2S.ClH/c1-10-8-14-5-6-16(10)12(17)2-4-15-13(18)11-3-7-19-9-11;/h3,7,9-10,14H,2,4-6,8H2,1H3,(H,15,18);1H. The normalized spacial score (nSPS) is 18.2. The maximum absolute atomic E-state index is 12.0. The molecule has 2 heterocycles. The number of halogens is 1. The molecule has 1 saturated heterocycles. The van der Waals surface area contributed by atoms with Crippen molar-refractivity contribution >= 4 is 35.6 Å². The van der Waals surface area contributed by atoms with Crippen LogP contribution in [0.1, 0.15) is 23.7 Å². The van der Waals surface area contributed by atoms with Gasteiger partial charge < -0.3 is 15.5 Å². The summed E-state index contributed by atoms with van der Waals surface area (Å²) >= 11 is 1.49. The van der Waals surface area contributed by atoms with Crippen molar-refractivity contribution in [3.63, 3.8) is 0 Å². The molecule has 0 aromatic carbocycles. The number of rotatable bonds is 4. The van der Waals surface area contributed by atoms with E-state index in [0.717, 1.165) is 19.6 Å². The van der Waals surface area contributed by atoms with Crippen molar-refractivity contribution in [3.05, 3.63) is 22.4 Å². The van der Waals surface area contributed by atoms with Gasteiger partial charge in [-0.05, 0) is 18.4 Å². The van der Waals surface area contributed by atoms with Gasteiger partial charge in [0.05, 0.1) is 0 Å². The average Bonchev–Trinajstić information content (AvgIpc) is 2.93. The van der Waals surface area contributed by atoms with Crippen LogP contribution in [0.5, 0.6) is 0 Å². The van der Waals surface area contributed by atoms with Gasteiger partial charge in [-0.3, -0.25) is 9.59 Å². The van der Waals surface area contributed by atoms with Crippen molar-refractivity contribution in [2.45, 2.75) is 19.4 Å². The Kier molecular flexibility index (Phi) is 6.98. The molecule has 1 atom stereocenters. The number of carbonyl (C=O) groups is 2. The van der Waals surface area contributed by atoms with E-state index < -0.39 is 0 Å². The van der Waals surface area contributed by atoms with Crippen LogP contribution in [-0.4, -0.2) is 48.9 Å². The quantitative estimate of drug-likeness (QED) is 0.874. The zero-order valence-corrected chi connectivity index (χ0v) is 13.1. The summed E-state index contributed by atoms with van der Waals surface area (Å²) in [5.41, 5.74) is 0.660. The fraction of sp³-hybridized carbons (Fsp3) is 0.538. The van der Waals surface area contributed by atoms with Gasteiger partial charge >= 0.3 is 0 Å². The SMILES string of the molecule is CC1CNCCN1C(=O)CCNC(=O)c1ccsc1.Cl. The van der Waals surface area contributed by atoms with E-state index >= 15 is 0 Å². The van der Waals surface area contributed by atoms with Crippen LogP contribution in [0.3, 0.4) is 0 Å². The van der Waals surface area contributed by atoms with Gasteiger partial charge in [0, 0.05) is 49.6 Å². The number of carbonyl (C=O) groups excluding carboxylic acids is 2. The van der Waals surface area contributed by atoms with Crippen molar-refractivity contribution in [1.82, 2.24) is 15.5 Å². The third kappa shape index (κ3) is 4.47. The van der Waals surface area contributed by atoms with Gasteiger partial charge in [0.1, 0.15) is 0 Å². The minimum absolute atomic E-state index is 0. The van der Waals surface area contributed by atoms with Crippen LogP contribution in [0.4, 0.5) is 0 Å². The van der Waals surface area contributed by atoms with Gasteiger partial charge in [-0.2, -0.15) is 11.3 Å². The Hall–Kier alpha value is -1.11. The third-order valence-corrected chi connectivity index (χ3v) is 3.91. The smallest absolute Gasteiger partial charge is 0.252 e. The second-order valence-corrected chi connectivity index (χ2v) is 5.44. The van der Waals surface area contributed by atoms with Crippen LogP contribution >= 0.6 is 23.7 Å². The molecule has 5 nitrogen and oxygen atoms in total. The van der Waals surface area contributed by atoms with Crippen LogP contribution < -0.4 is 10.6 Å². The fourth-order valence-electron chi connectivity index (χ4n) is 2.13. The molecule has 0 saturated carbocycles. The Morgan fingerprint density at radius 3 is 3.00 bits per heavy atom. The van der Waals surface area contributed by atoms with E-state index in [2.05, 4.69) is 10.6 Å². The maximum Gasteiger partial charge on any atom is 0.252 e. The predicted octanol–water partition coefficient (Wildman–Crippen LogP) is 1.11. The molecule has 0 aliphatic carbocycles. The van der Waals surface area contributed by atoms with Crippen molar-refractivity contribution in [1.29, 1.82) is 0 Å². The zero-order valence-electron chi connectivity index (χ0n) is 11.4. The maximum atomic E-state index is 12.0. The van der Waals surface area contributed by atoms with Crippen LogP contribution in [0.15, 0.2) is 16.8 Å². The van der Waals surface area contributed by atoms with Crippen molar-refractivity contribution < 1.29 is 9.59 Å². The molecule has 2 amide bonds. The highest BCUT2D eigenvalue weighted by atomic mass is 35.5. The summed E-state index contributed by atoms with van der Waals surface area (Å²) in [5, 5.41) is 9.69. The van der Waals surface area contributed by atoms with Crippen molar-refractivity contribution in [2.24, 2.45) is 0 Å². The molecule has 0 spiro atoms. The van der Waals surface area contributed by atoms with Crippen LogP contribution in [0.2, 0.25) is 0 Å². The number of hydrogen-bond acceptors (Lipinski definition) is 4. The number of hydrogen-bond donors (Lipinski definition) is 2. The third-order valence-electron chi connectivity index (χ3n) is 3.23. The lowest BCUT2D eigenvalue weighted by Crippen LogP contribution is -2.52. The monoisotopic (exact) mass is 317 g/mol. The molecule has 1 aliphatic heterocycles. The lowest BCUT2D eigenvalue weighted by atomic mass is 10.2. The Labute approximate surface area is 129 Å². The Bertz CT molecular complexity index is 439. The number of thiophene rings is 1. The summed E-state index contributed by atoms with van der Waals surface area (Å²) in [4.78, 5) is 25.6. The van der Waals surface area contributed by atoms with E-state index in [-0.39, 0.29) is 30.3 Å². The Balaban J connectivity index is 0.00000200. The Morgan fingerprint density at radius 1 is 1.55 bits per heavy atom. The predicted molar refractivity (Wildman–Crippen MR) is 82.6 cm³/mol. The van der Waals surface area contributed by atoms with E-state index in [1.54, 1.807) is 11.4 Å². The van der Waals surface area contributed by atoms with Gasteiger partial charge in [0.25, 0.3) is 5.91 Å². The highest BCUT2D eigenvalue weighted by Gasteiger charge is 2.22. The van der Waals surface area contributed by atoms with Gasteiger partial charge in [0.2, 0.25) is 5.91 Å². The second kappa shape index (κ2) is 8.24. The summed E-state index contributed by atoms with van der Waals surface area (Å²) < 4.78 is 0. The number of nitrogens with zero attached hydrogens (tertiary/aromatic N) is 1. The molecule has 20 heavy (non-hydrogen) atoms. The molecule has 1 aliphatic rings. The number of nitrogens with one attached hydrogen (secondary N) is 2. The molecule has 1 fully saturated rings. The minimum atomic E-state index is -0.109. The zero-order chi connectivity index (χ0) is 13.7. The molecule has 112 valence electrons. The molecule has 7 heteroatoms. The molecule has 1 unspecified atom stereocenters. The summed E-state index contributed by atoms with van der Waals surface area (Å²) in [6.45, 7) is 4.86. The first-order valence-corrected chi connectivity index (χ1v) is 7.43. The molecule has 1 aromatic heterocycles. The van der Waals surface area contributed by atoms with Gasteiger partial charge in [-0.1, -0.05) is 0 Å². The second-order valence-electron chi connectivity index (χ2n) is 4.66. The topological polar surface area (TPSA) is 61.4 Å². The molecule has 1 aromatic rings. The van der Waals surface area contributed by atoms with Crippen molar-refractivity contribution in [2.75, 3.05) is 26.2 Å². The summed E-state index contributed by atoms with van der Waals surface area (Å²) in [6.07, 6.45) is 0.361. The molecular weight excluding hydrogens is 298 g/mol. The average molecular weight is 318 g/mol.